The summed E-state index contributed by atoms with van der Waals surface area (Å²) in [4.78, 5) is 23.1. The van der Waals surface area contributed by atoms with Crippen LogP contribution in [0.2, 0.25) is 0 Å². The summed E-state index contributed by atoms with van der Waals surface area (Å²) in [6, 6.07) is 12.0. The zero-order valence-corrected chi connectivity index (χ0v) is 22.4. The van der Waals surface area contributed by atoms with Gasteiger partial charge in [-0.25, -0.2) is 0 Å². The Hall–Kier alpha value is -3.02. The van der Waals surface area contributed by atoms with E-state index in [1.807, 2.05) is 24.3 Å². The van der Waals surface area contributed by atoms with E-state index in [2.05, 4.69) is 53.7 Å². The summed E-state index contributed by atoms with van der Waals surface area (Å²) in [5.74, 6) is 1.07. The maximum atomic E-state index is 11.5. The molecule has 0 aliphatic heterocycles. The summed E-state index contributed by atoms with van der Waals surface area (Å²) in [6.07, 6.45) is 1.91. The largest absolute Gasteiger partial charge is 0.469 e. The Kier molecular flexibility index (Phi) is 9.75. The number of ether oxygens (including phenoxy) is 4. The van der Waals surface area contributed by atoms with E-state index in [0.29, 0.717) is 25.7 Å². The number of carbonyl (C=O) groups excluding carboxylic acids is 2. The van der Waals surface area contributed by atoms with Gasteiger partial charge in [0.15, 0.2) is 0 Å². The first-order valence-corrected chi connectivity index (χ1v) is 12.0. The van der Waals surface area contributed by atoms with Gasteiger partial charge in [0.25, 0.3) is 0 Å². The molecule has 0 aliphatic rings. The first kappa shape index (κ1) is 28.2. The summed E-state index contributed by atoms with van der Waals surface area (Å²) in [7, 11) is 2.81. The lowest BCUT2D eigenvalue weighted by Crippen LogP contribution is -2.18. The molecule has 0 aromatic heterocycles. The molecule has 6 heteroatoms. The molecule has 0 heterocycles. The van der Waals surface area contributed by atoms with Crippen molar-refractivity contribution in [1.82, 2.24) is 0 Å². The second-order valence-electron chi connectivity index (χ2n) is 10.7. The van der Waals surface area contributed by atoms with Crippen LogP contribution in [0.1, 0.15) is 76.6 Å². The number of benzene rings is 2. The van der Waals surface area contributed by atoms with Crippen molar-refractivity contribution < 1.29 is 28.5 Å². The molecule has 0 atom stereocenters. The number of esters is 2. The Balaban J connectivity index is 2.16. The van der Waals surface area contributed by atoms with E-state index >= 15 is 0 Å². The number of aryl methyl sites for hydroxylation is 2. The lowest BCUT2D eigenvalue weighted by atomic mass is 9.85. The van der Waals surface area contributed by atoms with Crippen LogP contribution >= 0.6 is 0 Å². The average molecular weight is 485 g/mol. The molecule has 0 unspecified atom stereocenters. The van der Waals surface area contributed by atoms with Crippen molar-refractivity contribution in [2.24, 2.45) is 0 Å². The van der Waals surface area contributed by atoms with Gasteiger partial charge in [-0.15, -0.1) is 0 Å². The van der Waals surface area contributed by atoms with E-state index in [9.17, 15) is 9.59 Å². The fourth-order valence-corrected chi connectivity index (χ4v) is 3.74. The lowest BCUT2D eigenvalue weighted by Gasteiger charge is -2.25. The molecule has 0 N–H and O–H groups in total. The molecule has 2 rings (SSSR count). The molecule has 0 radical (unpaired) electrons. The van der Waals surface area contributed by atoms with Gasteiger partial charge in [-0.1, -0.05) is 65.8 Å². The zero-order valence-electron chi connectivity index (χ0n) is 22.4. The standard InChI is InChI=1S/C29H40O6/c1-28(2,3)22-17-20(11-15-26(30)32-7)9-13-24(22)34-19-35-25-14-10-21(12-16-27(31)33-8)18-23(25)29(4,5)6/h9-10,13-14,17-18H,11-12,15-16,19H2,1-8H3. The fraction of sp³-hybridized carbons (Fsp3) is 0.517. The van der Waals surface area contributed by atoms with Crippen LogP contribution < -0.4 is 9.47 Å². The number of carbonyl (C=O) groups is 2. The number of hydrogen-bond acceptors (Lipinski definition) is 6. The van der Waals surface area contributed by atoms with Crippen molar-refractivity contribution >= 4 is 11.9 Å². The summed E-state index contributed by atoms with van der Waals surface area (Å²) >= 11 is 0. The highest BCUT2D eigenvalue weighted by atomic mass is 16.7. The molecule has 2 aromatic carbocycles. The average Bonchev–Trinajstić information content (AvgIpc) is 2.80. The molecule has 0 bridgehead atoms. The Morgan fingerprint density at radius 3 is 1.34 bits per heavy atom. The predicted octanol–water partition coefficient (Wildman–Crippen LogP) is 5.91. The molecule has 35 heavy (non-hydrogen) atoms. The molecular weight excluding hydrogens is 444 g/mol. The van der Waals surface area contributed by atoms with Gasteiger partial charge in [-0.3, -0.25) is 9.59 Å². The molecule has 192 valence electrons. The van der Waals surface area contributed by atoms with Crippen molar-refractivity contribution in [3.05, 3.63) is 58.7 Å². The molecular formula is C29H40O6. The smallest absolute Gasteiger partial charge is 0.305 e. The highest BCUT2D eigenvalue weighted by Crippen LogP contribution is 2.35. The molecule has 6 nitrogen and oxygen atoms in total. The third-order valence-electron chi connectivity index (χ3n) is 5.82. The van der Waals surface area contributed by atoms with Crippen LogP contribution in [-0.2, 0) is 42.7 Å². The molecule has 0 aliphatic carbocycles. The monoisotopic (exact) mass is 484 g/mol. The maximum absolute atomic E-state index is 11.5. The van der Waals surface area contributed by atoms with Gasteiger partial charge in [0.2, 0.25) is 6.79 Å². The second kappa shape index (κ2) is 12.1. The van der Waals surface area contributed by atoms with Crippen molar-refractivity contribution in [2.45, 2.75) is 78.1 Å². The highest BCUT2D eigenvalue weighted by Gasteiger charge is 2.22. The summed E-state index contributed by atoms with van der Waals surface area (Å²) in [5, 5.41) is 0. The number of hydrogen-bond donors (Lipinski definition) is 0. The summed E-state index contributed by atoms with van der Waals surface area (Å²) < 4.78 is 21.7. The van der Waals surface area contributed by atoms with Gasteiger partial charge >= 0.3 is 11.9 Å². The Morgan fingerprint density at radius 1 is 0.657 bits per heavy atom. The van der Waals surface area contributed by atoms with E-state index in [1.54, 1.807) is 0 Å². The number of methoxy groups -OCH3 is 2. The van der Waals surface area contributed by atoms with Crippen molar-refractivity contribution in [2.75, 3.05) is 21.0 Å². The highest BCUT2D eigenvalue weighted by molar-refractivity contribution is 5.70. The van der Waals surface area contributed by atoms with Gasteiger partial charge in [-0.05, 0) is 58.1 Å². The first-order valence-electron chi connectivity index (χ1n) is 12.0. The Morgan fingerprint density at radius 2 is 1.03 bits per heavy atom. The van der Waals surface area contributed by atoms with Crippen LogP contribution in [0.3, 0.4) is 0 Å². The Bertz CT molecular complexity index is 929. The summed E-state index contributed by atoms with van der Waals surface area (Å²) in [5.41, 5.74) is 3.94. The van der Waals surface area contributed by atoms with Gasteiger partial charge in [0, 0.05) is 12.8 Å². The van der Waals surface area contributed by atoms with Crippen LogP contribution in [0.15, 0.2) is 36.4 Å². The van der Waals surface area contributed by atoms with Gasteiger partial charge in [0.1, 0.15) is 11.5 Å². The molecule has 2 aromatic rings. The van der Waals surface area contributed by atoms with Crippen molar-refractivity contribution in [3.63, 3.8) is 0 Å². The SMILES string of the molecule is COC(=O)CCc1ccc(OCOc2ccc(CCC(=O)OC)cc2C(C)(C)C)c(C(C)(C)C)c1. The van der Waals surface area contributed by atoms with Crippen LogP contribution in [0, 0.1) is 0 Å². The van der Waals surface area contributed by atoms with Crippen LogP contribution in [0.25, 0.3) is 0 Å². The molecule has 0 spiro atoms. The zero-order chi connectivity index (χ0) is 26.2. The van der Waals surface area contributed by atoms with Gasteiger partial charge in [-0.2, -0.15) is 0 Å². The van der Waals surface area contributed by atoms with Crippen LogP contribution in [0.4, 0.5) is 0 Å². The third-order valence-corrected chi connectivity index (χ3v) is 5.82. The molecule has 0 amide bonds. The molecule has 0 saturated heterocycles. The van der Waals surface area contributed by atoms with Gasteiger partial charge < -0.3 is 18.9 Å². The van der Waals surface area contributed by atoms with Gasteiger partial charge in [0.05, 0.1) is 14.2 Å². The Labute approximate surface area is 209 Å². The van der Waals surface area contributed by atoms with E-state index in [-0.39, 0.29) is 29.6 Å². The van der Waals surface area contributed by atoms with E-state index in [1.165, 1.54) is 14.2 Å². The first-order chi connectivity index (χ1) is 16.3. The van der Waals surface area contributed by atoms with E-state index in [0.717, 1.165) is 33.8 Å². The van der Waals surface area contributed by atoms with Crippen molar-refractivity contribution in [1.29, 1.82) is 0 Å². The minimum Gasteiger partial charge on any atom is -0.469 e. The molecule has 0 fully saturated rings. The quantitative estimate of drug-likeness (QED) is 0.308. The lowest BCUT2D eigenvalue weighted by molar-refractivity contribution is -0.141. The topological polar surface area (TPSA) is 71.1 Å². The maximum Gasteiger partial charge on any atom is 0.305 e. The van der Waals surface area contributed by atoms with Crippen LogP contribution in [0.5, 0.6) is 11.5 Å². The third kappa shape index (κ3) is 8.61. The summed E-state index contributed by atoms with van der Waals surface area (Å²) in [6.45, 7) is 12.8. The van der Waals surface area contributed by atoms with Crippen molar-refractivity contribution in [3.8, 4) is 11.5 Å². The minimum atomic E-state index is -0.220. The van der Waals surface area contributed by atoms with E-state index < -0.39 is 0 Å². The fourth-order valence-electron chi connectivity index (χ4n) is 3.74. The van der Waals surface area contributed by atoms with E-state index in [4.69, 9.17) is 18.9 Å². The number of rotatable bonds is 10. The minimum absolute atomic E-state index is 0.0647. The van der Waals surface area contributed by atoms with Crippen LogP contribution in [-0.4, -0.2) is 33.0 Å². The molecule has 0 saturated carbocycles. The normalized spacial score (nSPS) is 11.7. The second-order valence-corrected chi connectivity index (χ2v) is 10.7. The predicted molar refractivity (Wildman–Crippen MR) is 137 cm³/mol.